The highest BCUT2D eigenvalue weighted by Gasteiger charge is 2.19. The smallest absolute Gasteiger partial charge is 0.224 e. The van der Waals surface area contributed by atoms with E-state index in [1.54, 1.807) is 0 Å². The van der Waals surface area contributed by atoms with Crippen molar-refractivity contribution in [3.63, 3.8) is 0 Å². The number of nitrogens with zero attached hydrogens (tertiary/aromatic N) is 1. The molecule has 0 aromatic rings. The highest BCUT2D eigenvalue weighted by Crippen LogP contribution is 2.15. The molecule has 0 bridgehead atoms. The average molecular weight is 284 g/mol. The van der Waals surface area contributed by atoms with Crippen molar-refractivity contribution >= 4 is 5.91 Å². The normalized spacial score (nSPS) is 24.6. The first-order valence-electron chi connectivity index (χ1n) is 7.89. The van der Waals surface area contributed by atoms with Gasteiger partial charge in [-0.1, -0.05) is 0 Å². The molecule has 0 aromatic heterocycles. The number of hydrogen-bond acceptors (Lipinski definition) is 4. The molecule has 1 unspecified atom stereocenters. The Morgan fingerprint density at radius 2 is 2.15 bits per heavy atom. The molecule has 2 heterocycles. The van der Waals surface area contributed by atoms with Crippen LogP contribution in [0.1, 0.15) is 32.1 Å². The molecule has 2 aliphatic rings. The Morgan fingerprint density at radius 1 is 1.35 bits per heavy atom. The van der Waals surface area contributed by atoms with Crippen LogP contribution in [-0.4, -0.2) is 63.4 Å². The Balaban J connectivity index is 1.58. The van der Waals surface area contributed by atoms with Gasteiger partial charge < -0.3 is 19.7 Å². The first-order valence-corrected chi connectivity index (χ1v) is 7.89. The minimum absolute atomic E-state index is 0.185. The van der Waals surface area contributed by atoms with Gasteiger partial charge in [0.25, 0.3) is 0 Å². The summed E-state index contributed by atoms with van der Waals surface area (Å²) in [4.78, 5) is 13.9. The summed E-state index contributed by atoms with van der Waals surface area (Å²) in [6, 6.07) is 0. The van der Waals surface area contributed by atoms with Gasteiger partial charge in [0.05, 0.1) is 25.7 Å². The molecule has 2 rings (SSSR count). The van der Waals surface area contributed by atoms with Crippen LogP contribution in [0.25, 0.3) is 0 Å². The van der Waals surface area contributed by atoms with Crippen LogP contribution >= 0.6 is 0 Å². The second kappa shape index (κ2) is 8.60. The van der Waals surface area contributed by atoms with E-state index in [-0.39, 0.29) is 5.91 Å². The lowest BCUT2D eigenvalue weighted by molar-refractivity contribution is -0.132. The van der Waals surface area contributed by atoms with Crippen molar-refractivity contribution in [2.24, 2.45) is 5.92 Å². The van der Waals surface area contributed by atoms with Gasteiger partial charge in [0.2, 0.25) is 5.91 Å². The number of piperidine rings is 1. The van der Waals surface area contributed by atoms with Gasteiger partial charge in [0.1, 0.15) is 0 Å². The van der Waals surface area contributed by atoms with Crippen molar-refractivity contribution in [3.05, 3.63) is 0 Å². The van der Waals surface area contributed by atoms with Gasteiger partial charge >= 0.3 is 0 Å². The van der Waals surface area contributed by atoms with Crippen LogP contribution in [0.15, 0.2) is 0 Å². The second-order valence-corrected chi connectivity index (χ2v) is 5.93. The third kappa shape index (κ3) is 5.38. The number of amides is 1. The highest BCUT2D eigenvalue weighted by atomic mass is 16.5. The third-order valence-electron chi connectivity index (χ3n) is 4.17. The third-order valence-corrected chi connectivity index (χ3v) is 4.17. The number of hydrogen-bond donors (Lipinski definition) is 1. The molecule has 2 fully saturated rings. The lowest BCUT2D eigenvalue weighted by Gasteiger charge is -2.27. The summed E-state index contributed by atoms with van der Waals surface area (Å²) in [6.07, 6.45) is 5.23. The number of carbonyl (C=O) groups is 1. The maximum atomic E-state index is 12.1. The standard InChI is InChI=1S/C15H28N2O3/c1-17(11-13-3-2-9-19-12-13)15(18)6-10-20-14-4-7-16-8-5-14/h13-14,16H,2-12H2,1H3. The molecular weight excluding hydrogens is 256 g/mol. The van der Waals surface area contributed by atoms with E-state index in [1.165, 1.54) is 6.42 Å². The zero-order valence-electron chi connectivity index (χ0n) is 12.6. The van der Waals surface area contributed by atoms with Gasteiger partial charge in [-0.15, -0.1) is 0 Å². The van der Waals surface area contributed by atoms with E-state index < -0.39 is 0 Å². The number of carbonyl (C=O) groups excluding carboxylic acids is 1. The van der Waals surface area contributed by atoms with E-state index in [1.807, 2.05) is 11.9 Å². The molecule has 0 aliphatic carbocycles. The first-order chi connectivity index (χ1) is 9.75. The van der Waals surface area contributed by atoms with Crippen molar-refractivity contribution in [2.75, 3.05) is 46.5 Å². The van der Waals surface area contributed by atoms with E-state index in [0.29, 0.717) is 25.0 Å². The van der Waals surface area contributed by atoms with Crippen LogP contribution in [0.3, 0.4) is 0 Å². The predicted octanol–water partition coefficient (Wildman–Crippen LogP) is 1.03. The van der Waals surface area contributed by atoms with Crippen molar-refractivity contribution < 1.29 is 14.3 Å². The molecule has 1 atom stereocenters. The Bertz CT molecular complexity index is 287. The average Bonchev–Trinajstić information content (AvgIpc) is 2.49. The fourth-order valence-corrected chi connectivity index (χ4v) is 2.91. The zero-order chi connectivity index (χ0) is 14.2. The Morgan fingerprint density at radius 3 is 2.85 bits per heavy atom. The molecule has 0 radical (unpaired) electrons. The summed E-state index contributed by atoms with van der Waals surface area (Å²) < 4.78 is 11.2. The molecule has 5 nitrogen and oxygen atoms in total. The minimum Gasteiger partial charge on any atom is -0.381 e. The van der Waals surface area contributed by atoms with E-state index in [0.717, 1.165) is 52.1 Å². The molecule has 0 aromatic carbocycles. The quantitative estimate of drug-likeness (QED) is 0.791. The van der Waals surface area contributed by atoms with Crippen molar-refractivity contribution in [3.8, 4) is 0 Å². The highest BCUT2D eigenvalue weighted by molar-refractivity contribution is 5.75. The van der Waals surface area contributed by atoms with Crippen LogP contribution in [0.4, 0.5) is 0 Å². The maximum Gasteiger partial charge on any atom is 0.224 e. The van der Waals surface area contributed by atoms with E-state index >= 15 is 0 Å². The summed E-state index contributed by atoms with van der Waals surface area (Å²) in [5.41, 5.74) is 0. The van der Waals surface area contributed by atoms with Crippen molar-refractivity contribution in [1.82, 2.24) is 10.2 Å². The molecule has 1 N–H and O–H groups in total. The zero-order valence-corrected chi connectivity index (χ0v) is 12.6. The van der Waals surface area contributed by atoms with Crippen LogP contribution < -0.4 is 5.32 Å². The Labute approximate surface area is 122 Å². The van der Waals surface area contributed by atoms with E-state index in [2.05, 4.69) is 5.32 Å². The molecule has 0 saturated carbocycles. The number of rotatable bonds is 6. The van der Waals surface area contributed by atoms with E-state index in [9.17, 15) is 4.79 Å². The van der Waals surface area contributed by atoms with Gasteiger partial charge in [-0.2, -0.15) is 0 Å². The fraction of sp³-hybridized carbons (Fsp3) is 0.933. The lowest BCUT2D eigenvalue weighted by atomic mass is 10.0. The second-order valence-electron chi connectivity index (χ2n) is 5.93. The molecule has 20 heavy (non-hydrogen) atoms. The van der Waals surface area contributed by atoms with Gasteiger partial charge in [-0.05, 0) is 44.7 Å². The fourth-order valence-electron chi connectivity index (χ4n) is 2.91. The summed E-state index contributed by atoms with van der Waals surface area (Å²) >= 11 is 0. The Kier molecular flexibility index (Phi) is 6.76. The molecule has 2 aliphatic heterocycles. The van der Waals surface area contributed by atoms with Crippen LogP contribution in [-0.2, 0) is 14.3 Å². The molecule has 5 heteroatoms. The molecule has 1 amide bonds. The van der Waals surface area contributed by atoms with Crippen LogP contribution in [0.2, 0.25) is 0 Å². The Hall–Kier alpha value is -0.650. The van der Waals surface area contributed by atoms with Gasteiger partial charge in [0, 0.05) is 20.2 Å². The number of nitrogens with one attached hydrogen (secondary N) is 1. The lowest BCUT2D eigenvalue weighted by Crippen LogP contribution is -2.36. The molecular formula is C15H28N2O3. The van der Waals surface area contributed by atoms with Gasteiger partial charge in [-0.25, -0.2) is 0 Å². The summed E-state index contributed by atoms with van der Waals surface area (Å²) in [5, 5.41) is 3.31. The largest absolute Gasteiger partial charge is 0.381 e. The van der Waals surface area contributed by atoms with Crippen LogP contribution in [0.5, 0.6) is 0 Å². The van der Waals surface area contributed by atoms with Gasteiger partial charge in [0.15, 0.2) is 0 Å². The molecule has 0 spiro atoms. The summed E-state index contributed by atoms with van der Waals surface area (Å²) in [6.45, 7) is 5.09. The summed E-state index contributed by atoms with van der Waals surface area (Å²) in [5.74, 6) is 0.688. The summed E-state index contributed by atoms with van der Waals surface area (Å²) in [7, 11) is 1.89. The molecule has 116 valence electrons. The molecule has 2 saturated heterocycles. The SMILES string of the molecule is CN(CC1CCCOC1)C(=O)CCOC1CCNCC1. The van der Waals surface area contributed by atoms with Crippen molar-refractivity contribution in [2.45, 2.75) is 38.2 Å². The first kappa shape index (κ1) is 15.7. The number of ether oxygens (including phenoxy) is 2. The van der Waals surface area contributed by atoms with E-state index in [4.69, 9.17) is 9.47 Å². The van der Waals surface area contributed by atoms with Crippen molar-refractivity contribution in [1.29, 1.82) is 0 Å². The van der Waals surface area contributed by atoms with Gasteiger partial charge in [-0.3, -0.25) is 4.79 Å². The maximum absolute atomic E-state index is 12.1. The van der Waals surface area contributed by atoms with Crippen LogP contribution in [0, 0.1) is 5.92 Å². The monoisotopic (exact) mass is 284 g/mol. The minimum atomic E-state index is 0.185. The topological polar surface area (TPSA) is 50.8 Å². The predicted molar refractivity (Wildman–Crippen MR) is 77.6 cm³/mol.